The first kappa shape index (κ1) is 15.4. The lowest BCUT2D eigenvalue weighted by atomic mass is 10.2. The number of nitrogens with zero attached hydrogens (tertiary/aromatic N) is 3. The Bertz CT molecular complexity index is 420. The Morgan fingerprint density at radius 1 is 1.47 bits per heavy atom. The summed E-state index contributed by atoms with van der Waals surface area (Å²) in [5, 5.41) is 3.02. The number of likely N-dealkylation sites (N-methyl/N-ethyl adjacent to an activating group) is 2. The second-order valence-electron chi connectivity index (χ2n) is 4.88. The molecule has 0 radical (unpaired) electrons. The molecular formula is C14H24N4O. The molecule has 5 nitrogen and oxygen atoms in total. The van der Waals surface area contributed by atoms with Crippen molar-refractivity contribution < 1.29 is 4.79 Å². The number of pyridine rings is 1. The Labute approximate surface area is 115 Å². The molecule has 1 atom stereocenters. The van der Waals surface area contributed by atoms with Crippen LogP contribution in [0.15, 0.2) is 18.3 Å². The van der Waals surface area contributed by atoms with Crippen molar-refractivity contribution >= 4 is 11.6 Å². The average Bonchev–Trinajstić information content (AvgIpc) is 2.38. The zero-order chi connectivity index (χ0) is 14.4. The van der Waals surface area contributed by atoms with E-state index in [-0.39, 0.29) is 11.9 Å². The van der Waals surface area contributed by atoms with Gasteiger partial charge in [-0.1, -0.05) is 0 Å². The highest BCUT2D eigenvalue weighted by Gasteiger charge is 2.21. The number of carbonyl (C=O) groups is 1. The number of hydrogen-bond donors (Lipinski definition) is 1. The SMILES string of the molecule is CCN(C(=O)c1cc(NC)ccn1)C(C)CN(C)C. The number of rotatable bonds is 6. The third-order valence-electron chi connectivity index (χ3n) is 3.03. The van der Waals surface area contributed by atoms with Crippen LogP contribution in [0.25, 0.3) is 0 Å². The van der Waals surface area contributed by atoms with Gasteiger partial charge in [-0.05, 0) is 40.1 Å². The average molecular weight is 264 g/mol. The highest BCUT2D eigenvalue weighted by molar-refractivity contribution is 5.93. The summed E-state index contributed by atoms with van der Waals surface area (Å²) in [6, 6.07) is 3.79. The van der Waals surface area contributed by atoms with E-state index < -0.39 is 0 Å². The number of anilines is 1. The summed E-state index contributed by atoms with van der Waals surface area (Å²) in [4.78, 5) is 20.6. The molecule has 19 heavy (non-hydrogen) atoms. The van der Waals surface area contributed by atoms with Gasteiger partial charge in [-0.2, -0.15) is 0 Å². The first-order chi connectivity index (χ1) is 8.99. The Morgan fingerprint density at radius 3 is 2.68 bits per heavy atom. The molecule has 5 heteroatoms. The van der Waals surface area contributed by atoms with Crippen LogP contribution in [0, 0.1) is 0 Å². The minimum atomic E-state index is -0.0195. The van der Waals surface area contributed by atoms with E-state index in [1.807, 2.05) is 39.0 Å². The number of nitrogens with one attached hydrogen (secondary N) is 1. The molecule has 0 aliphatic carbocycles. The summed E-state index contributed by atoms with van der Waals surface area (Å²) in [5.74, 6) is -0.0195. The highest BCUT2D eigenvalue weighted by Crippen LogP contribution is 2.11. The van der Waals surface area contributed by atoms with Gasteiger partial charge in [0.25, 0.3) is 5.91 Å². The van der Waals surface area contributed by atoms with Gasteiger partial charge in [-0.25, -0.2) is 0 Å². The van der Waals surface area contributed by atoms with Crippen molar-refractivity contribution in [2.45, 2.75) is 19.9 Å². The van der Waals surface area contributed by atoms with E-state index in [0.717, 1.165) is 12.2 Å². The highest BCUT2D eigenvalue weighted by atomic mass is 16.2. The zero-order valence-electron chi connectivity index (χ0n) is 12.5. The lowest BCUT2D eigenvalue weighted by Crippen LogP contribution is -2.44. The molecule has 1 aromatic heterocycles. The third-order valence-corrected chi connectivity index (χ3v) is 3.03. The minimum absolute atomic E-state index is 0.0195. The van der Waals surface area contributed by atoms with E-state index in [2.05, 4.69) is 22.1 Å². The fourth-order valence-corrected chi connectivity index (χ4v) is 2.13. The van der Waals surface area contributed by atoms with Crippen molar-refractivity contribution in [3.05, 3.63) is 24.0 Å². The van der Waals surface area contributed by atoms with Gasteiger partial charge in [-0.15, -0.1) is 0 Å². The fourth-order valence-electron chi connectivity index (χ4n) is 2.13. The monoisotopic (exact) mass is 264 g/mol. The lowest BCUT2D eigenvalue weighted by Gasteiger charge is -2.29. The summed E-state index contributed by atoms with van der Waals surface area (Å²) >= 11 is 0. The van der Waals surface area contributed by atoms with E-state index in [1.165, 1.54) is 0 Å². The second-order valence-corrected chi connectivity index (χ2v) is 4.88. The Morgan fingerprint density at radius 2 is 2.16 bits per heavy atom. The molecule has 0 aromatic carbocycles. The van der Waals surface area contributed by atoms with E-state index >= 15 is 0 Å². The molecule has 106 valence electrons. The predicted molar refractivity (Wildman–Crippen MR) is 78.5 cm³/mol. The van der Waals surface area contributed by atoms with Crippen LogP contribution < -0.4 is 5.32 Å². The Kier molecular flexibility index (Phi) is 5.76. The summed E-state index contributed by atoms with van der Waals surface area (Å²) < 4.78 is 0. The molecule has 0 aliphatic heterocycles. The molecule has 0 aliphatic rings. The first-order valence-corrected chi connectivity index (χ1v) is 6.59. The summed E-state index contributed by atoms with van der Waals surface area (Å²) in [6.07, 6.45) is 1.66. The lowest BCUT2D eigenvalue weighted by molar-refractivity contribution is 0.0673. The maximum Gasteiger partial charge on any atom is 0.272 e. The van der Waals surface area contributed by atoms with Crippen LogP contribution >= 0.6 is 0 Å². The van der Waals surface area contributed by atoms with Gasteiger partial charge < -0.3 is 15.1 Å². The van der Waals surface area contributed by atoms with E-state index in [9.17, 15) is 4.79 Å². The molecule has 0 saturated carbocycles. The summed E-state index contributed by atoms with van der Waals surface area (Å²) in [5.41, 5.74) is 1.38. The van der Waals surface area contributed by atoms with Crippen LogP contribution in [0.3, 0.4) is 0 Å². The molecular weight excluding hydrogens is 240 g/mol. The maximum atomic E-state index is 12.5. The molecule has 0 spiro atoms. The van der Waals surface area contributed by atoms with Gasteiger partial charge in [0.15, 0.2) is 0 Å². The van der Waals surface area contributed by atoms with Crippen LogP contribution in [-0.2, 0) is 0 Å². The predicted octanol–water partition coefficient (Wildman–Crippen LogP) is 1.54. The minimum Gasteiger partial charge on any atom is -0.388 e. The molecule has 1 N–H and O–H groups in total. The smallest absolute Gasteiger partial charge is 0.272 e. The van der Waals surface area contributed by atoms with Crippen molar-refractivity contribution in [1.82, 2.24) is 14.8 Å². The van der Waals surface area contributed by atoms with E-state index in [4.69, 9.17) is 0 Å². The van der Waals surface area contributed by atoms with Gasteiger partial charge in [0.1, 0.15) is 5.69 Å². The quantitative estimate of drug-likeness (QED) is 0.846. The maximum absolute atomic E-state index is 12.5. The molecule has 1 aromatic rings. The summed E-state index contributed by atoms with van der Waals surface area (Å²) in [7, 11) is 5.85. The third kappa shape index (κ3) is 4.21. The van der Waals surface area contributed by atoms with Crippen LogP contribution in [0.4, 0.5) is 5.69 Å². The zero-order valence-corrected chi connectivity index (χ0v) is 12.5. The van der Waals surface area contributed by atoms with Crippen molar-refractivity contribution in [2.75, 3.05) is 39.5 Å². The van der Waals surface area contributed by atoms with Crippen LogP contribution in [0.5, 0.6) is 0 Å². The van der Waals surface area contributed by atoms with Crippen LogP contribution in [0.2, 0.25) is 0 Å². The van der Waals surface area contributed by atoms with E-state index in [0.29, 0.717) is 12.2 Å². The normalized spacial score (nSPS) is 12.3. The molecule has 1 unspecified atom stereocenters. The van der Waals surface area contributed by atoms with Crippen molar-refractivity contribution in [3.63, 3.8) is 0 Å². The van der Waals surface area contributed by atoms with Gasteiger partial charge in [0.2, 0.25) is 0 Å². The Hall–Kier alpha value is -1.62. The number of hydrogen-bond acceptors (Lipinski definition) is 4. The number of carbonyl (C=O) groups excluding carboxylic acids is 1. The van der Waals surface area contributed by atoms with Crippen LogP contribution in [0.1, 0.15) is 24.3 Å². The Balaban J connectivity index is 2.88. The standard InChI is InChI=1S/C14H24N4O/c1-6-18(11(2)10-17(4)5)14(19)13-9-12(15-3)7-8-16-13/h7-9,11H,6,10H2,1-5H3,(H,15,16). The van der Waals surface area contributed by atoms with Gasteiger partial charge >= 0.3 is 0 Å². The molecule has 1 amide bonds. The summed E-state index contributed by atoms with van der Waals surface area (Å²) in [6.45, 7) is 5.57. The number of aromatic nitrogens is 1. The topological polar surface area (TPSA) is 48.5 Å². The fraction of sp³-hybridized carbons (Fsp3) is 0.571. The van der Waals surface area contributed by atoms with Crippen molar-refractivity contribution in [2.24, 2.45) is 0 Å². The molecule has 0 fully saturated rings. The molecule has 0 bridgehead atoms. The molecule has 1 heterocycles. The van der Waals surface area contributed by atoms with Gasteiger partial charge in [0.05, 0.1) is 0 Å². The van der Waals surface area contributed by atoms with E-state index in [1.54, 1.807) is 12.3 Å². The van der Waals surface area contributed by atoms with Gasteiger partial charge in [-0.3, -0.25) is 9.78 Å². The number of amides is 1. The van der Waals surface area contributed by atoms with Gasteiger partial charge in [0, 0.05) is 38.1 Å². The van der Waals surface area contributed by atoms with Crippen molar-refractivity contribution in [1.29, 1.82) is 0 Å². The van der Waals surface area contributed by atoms with Crippen LogP contribution in [-0.4, -0.2) is 61.0 Å². The van der Waals surface area contributed by atoms with Crippen molar-refractivity contribution in [3.8, 4) is 0 Å². The largest absolute Gasteiger partial charge is 0.388 e. The first-order valence-electron chi connectivity index (χ1n) is 6.59. The molecule has 1 rings (SSSR count). The second kappa shape index (κ2) is 7.09. The molecule has 0 saturated heterocycles.